The van der Waals surface area contributed by atoms with Gasteiger partial charge in [0, 0.05) is 13.7 Å². The van der Waals surface area contributed by atoms with Crippen LogP contribution in [0.2, 0.25) is 0 Å². The molecule has 4 heteroatoms. The second-order valence-corrected chi connectivity index (χ2v) is 1.56. The first-order chi connectivity index (χ1) is 2.91. The van der Waals surface area contributed by atoms with Gasteiger partial charge in [-0.1, -0.05) is 0 Å². The number of methoxy groups -OCH3 is 1. The van der Waals surface area contributed by atoms with E-state index >= 15 is 0 Å². The van der Waals surface area contributed by atoms with Crippen LogP contribution in [-0.2, 0) is 8.53 Å². The third-order valence-electron chi connectivity index (χ3n) is 0.492. The smallest absolute Gasteiger partial charge is 1.00 e. The molecule has 0 aliphatic heterocycles. The van der Waals surface area contributed by atoms with Crippen LogP contribution in [0, 0.1) is 0 Å². The topological polar surface area (TPSA) is 18.5 Å². The monoisotopic (exact) mass is 112 g/mol. The van der Waals surface area contributed by atoms with Gasteiger partial charge in [-0.2, -0.15) is 0 Å². The van der Waals surface area contributed by atoms with Gasteiger partial charge in [0.2, 0.25) is 0 Å². The molecule has 0 bridgehead atoms. The first kappa shape index (κ1) is 10.9. The molecule has 0 aromatic carbocycles. The molecule has 0 N–H and O–H groups in total. The summed E-state index contributed by atoms with van der Waals surface area (Å²) in [6.07, 6.45) is 0. The van der Waals surface area contributed by atoms with E-state index in [0.29, 0.717) is 0 Å². The summed E-state index contributed by atoms with van der Waals surface area (Å²) < 4.78 is 9.48. The fourth-order valence-electron chi connectivity index (χ4n) is 0.167. The van der Waals surface area contributed by atoms with Crippen LogP contribution in [-0.4, -0.2) is 36.9 Å². The van der Waals surface area contributed by atoms with Gasteiger partial charge in [-0.15, -0.1) is 0 Å². The van der Waals surface area contributed by atoms with Gasteiger partial charge in [-0.3, -0.25) is 0 Å². The molecular weight excluding hydrogens is 102 g/mol. The van der Waals surface area contributed by atoms with Gasteiger partial charge in [0.05, 0.1) is 6.61 Å². The van der Waals surface area contributed by atoms with E-state index in [1.165, 1.54) is 0 Å². The summed E-state index contributed by atoms with van der Waals surface area (Å²) in [6, 6.07) is 0. The average molecular weight is 112 g/mol. The summed E-state index contributed by atoms with van der Waals surface area (Å²) in [7, 11) is 1.67. The molecule has 0 unspecified atom stereocenters. The molecule has 0 aromatic heterocycles. The maximum absolute atomic E-state index is 4.80. The van der Waals surface area contributed by atoms with Crippen LogP contribution in [0.25, 0.3) is 0 Å². The van der Waals surface area contributed by atoms with Crippen molar-refractivity contribution >= 4 is 16.6 Å². The maximum atomic E-state index is 4.80. The number of hydrogen-bond donors (Lipinski definition) is 0. The van der Waals surface area contributed by atoms with E-state index in [-0.39, 0.29) is 20.3 Å². The summed E-state index contributed by atoms with van der Waals surface area (Å²) >= 11 is 0.823. The van der Waals surface area contributed by atoms with Crippen molar-refractivity contribution < 1.29 is 28.8 Å². The van der Waals surface area contributed by atoms with Crippen LogP contribution >= 0.6 is 0 Å². The van der Waals surface area contributed by atoms with Crippen molar-refractivity contribution in [3.8, 4) is 0 Å². The molecule has 0 saturated heterocycles. The summed E-state index contributed by atoms with van der Waals surface area (Å²) in [5, 5.41) is 0. The minimum absolute atomic E-state index is 0. The third kappa shape index (κ3) is 11.0. The zero-order valence-electron chi connectivity index (χ0n) is 6.23. The second-order valence-electron chi connectivity index (χ2n) is 0.986. The van der Waals surface area contributed by atoms with Crippen molar-refractivity contribution in [2.24, 2.45) is 0 Å². The second kappa shape index (κ2) is 10.1. The van der Waals surface area contributed by atoms with E-state index < -0.39 is 0 Å². The molecule has 0 saturated carbocycles. The molecule has 0 aromatic rings. The molecule has 0 radical (unpaired) electrons. The van der Waals surface area contributed by atoms with Crippen LogP contribution in [0.4, 0.5) is 0 Å². The molecule has 0 aliphatic rings. The Morgan fingerprint density at radius 2 is 2.14 bits per heavy atom. The quantitative estimate of drug-likeness (QED) is 0.276. The van der Waals surface area contributed by atoms with Crippen molar-refractivity contribution in [1.29, 1.82) is 0 Å². The van der Waals surface area contributed by atoms with Gasteiger partial charge in [0.15, 0.2) is 0 Å². The predicted molar refractivity (Wildman–Crippen MR) is 27.5 cm³/mol. The van der Waals surface area contributed by atoms with Crippen molar-refractivity contribution in [3.63, 3.8) is 0 Å². The van der Waals surface area contributed by atoms with Gasteiger partial charge in [0.25, 0.3) is 0 Å². The summed E-state index contributed by atoms with van der Waals surface area (Å²) in [5.41, 5.74) is 0. The standard InChI is InChI=1S/C3H7O2.Al.Li.3H/c1-5-3-2-4;;;;;/h2-3H2,1H3;;;;;/q-1;2*+1;;;-1. The molecule has 0 amide bonds. The zero-order valence-corrected chi connectivity index (χ0v) is 7.23. The Kier molecular flexibility index (Phi) is 15.8. The van der Waals surface area contributed by atoms with E-state index in [2.05, 4.69) is 4.74 Å². The Morgan fingerprint density at radius 3 is 2.29 bits per heavy atom. The van der Waals surface area contributed by atoms with E-state index in [1.54, 1.807) is 7.11 Å². The molecule has 7 heavy (non-hydrogen) atoms. The molecule has 0 aliphatic carbocycles. The fraction of sp³-hybridized carbons (Fsp3) is 1.00. The predicted octanol–water partition coefficient (Wildman–Crippen LogP) is -3.69. The first-order valence-electron chi connectivity index (χ1n) is 1.89. The Morgan fingerprint density at radius 1 is 1.57 bits per heavy atom. The van der Waals surface area contributed by atoms with Crippen LogP contribution in [0.1, 0.15) is 1.43 Å². The van der Waals surface area contributed by atoms with Crippen molar-refractivity contribution in [2.75, 3.05) is 20.3 Å². The van der Waals surface area contributed by atoms with E-state index in [0.717, 1.165) is 29.8 Å². The number of ether oxygens (including phenoxy) is 1. The Bertz CT molecular complexity index is 29.2. The largest absolute Gasteiger partial charge is 1.00 e. The van der Waals surface area contributed by atoms with Crippen LogP contribution < -0.4 is 18.9 Å². The number of rotatable bonds is 3. The SMILES string of the molecule is COCC[O][AlH2].[H-].[Li+]. The van der Waals surface area contributed by atoms with Gasteiger partial charge in [-0.25, -0.2) is 0 Å². The molecule has 0 spiro atoms. The molecule has 0 atom stereocenters. The minimum atomic E-state index is 0. The normalized spacial score (nSPS) is 7.57. The molecule has 0 rings (SSSR count). The third-order valence-corrected chi connectivity index (χ3v) is 0.900. The van der Waals surface area contributed by atoms with E-state index in [1.807, 2.05) is 0 Å². The van der Waals surface area contributed by atoms with Crippen LogP contribution in [0.15, 0.2) is 0 Å². The minimum Gasteiger partial charge on any atom is -1.00 e. The first-order valence-corrected chi connectivity index (χ1v) is 2.71. The Labute approximate surface area is 66.0 Å². The van der Waals surface area contributed by atoms with Gasteiger partial charge in [-0.05, 0) is 0 Å². The molecule has 0 heterocycles. The van der Waals surface area contributed by atoms with Crippen LogP contribution in [0.3, 0.4) is 0 Å². The van der Waals surface area contributed by atoms with Crippen molar-refractivity contribution in [3.05, 3.63) is 0 Å². The summed E-state index contributed by atoms with van der Waals surface area (Å²) in [5.74, 6) is 0. The fourth-order valence-corrected chi connectivity index (χ4v) is 0.333. The molecule has 2 nitrogen and oxygen atoms in total. The van der Waals surface area contributed by atoms with Crippen molar-refractivity contribution in [2.45, 2.75) is 0 Å². The zero-order chi connectivity index (χ0) is 4.83. The maximum Gasteiger partial charge on any atom is 1.00 e. The van der Waals surface area contributed by atoms with E-state index in [9.17, 15) is 0 Å². The van der Waals surface area contributed by atoms with Crippen molar-refractivity contribution in [1.82, 2.24) is 0 Å². The summed E-state index contributed by atoms with van der Waals surface area (Å²) in [6.45, 7) is 1.48. The number of hydrogen-bond acceptors (Lipinski definition) is 2. The molecule has 38 valence electrons. The summed E-state index contributed by atoms with van der Waals surface area (Å²) in [4.78, 5) is 0. The molecular formula is C3H10AlLiO2. The average Bonchev–Trinajstić information content (AvgIpc) is 1.61. The molecule has 0 fully saturated rings. The Balaban J connectivity index is -0.000000125. The van der Waals surface area contributed by atoms with Gasteiger partial charge in [0.1, 0.15) is 0 Å². The Hall–Kier alpha value is 1.05. The van der Waals surface area contributed by atoms with E-state index in [4.69, 9.17) is 3.79 Å². The van der Waals surface area contributed by atoms with Crippen LogP contribution in [0.5, 0.6) is 0 Å². The van der Waals surface area contributed by atoms with Gasteiger partial charge < -0.3 is 9.95 Å². The van der Waals surface area contributed by atoms with Gasteiger partial charge >= 0.3 is 35.5 Å².